The van der Waals surface area contributed by atoms with Crippen LogP contribution in [0.2, 0.25) is 0 Å². The Hall–Kier alpha value is -2.60. The van der Waals surface area contributed by atoms with E-state index in [0.717, 1.165) is 0 Å². The number of benzene rings is 2. The normalized spacial score (nSPS) is 10.7. The molecule has 2 aromatic carbocycles. The minimum absolute atomic E-state index is 1.22. The maximum Gasteiger partial charge on any atom is -0.0187 e. The van der Waals surface area contributed by atoms with Crippen LogP contribution >= 0.6 is 0 Å². The van der Waals surface area contributed by atoms with Crippen LogP contribution in [0.25, 0.3) is 5.57 Å². The third kappa shape index (κ3) is 11.6. The molecule has 0 aliphatic carbocycles. The summed E-state index contributed by atoms with van der Waals surface area (Å²) in [5.74, 6) is 0. The Bertz CT molecular complexity index is 649. The molecule has 0 nitrogen and oxygen atoms in total. The molecule has 0 bridgehead atoms. The Morgan fingerprint density at radius 1 is 0.800 bits per heavy atom. The number of rotatable bonds is 3. The standard InChI is InChI=1S/C13H14.C8H10.C4H8/c1-3-5-9-12(4-2)13-10-7-6-8-11-13;1-7-4-3-5-8(2)6-7;1-3-4-2/h3-11H,1H2,2H3;3-6H,1-2H3;3-4H,1-2H3/b9-5-,12-4+;;4-3-. The molecule has 0 N–H and O–H groups in total. The minimum Gasteiger partial charge on any atom is -0.0991 e. The van der Waals surface area contributed by atoms with Crippen LogP contribution < -0.4 is 0 Å². The number of hydrogen-bond donors (Lipinski definition) is 0. The Morgan fingerprint density at radius 3 is 1.72 bits per heavy atom. The van der Waals surface area contributed by atoms with E-state index < -0.39 is 0 Å². The quantitative estimate of drug-likeness (QED) is 0.398. The van der Waals surface area contributed by atoms with Gasteiger partial charge in [0.2, 0.25) is 0 Å². The second-order valence-corrected chi connectivity index (χ2v) is 5.53. The van der Waals surface area contributed by atoms with Gasteiger partial charge in [0.15, 0.2) is 0 Å². The molecule has 0 heterocycles. The number of hydrogen-bond acceptors (Lipinski definition) is 0. The van der Waals surface area contributed by atoms with Crippen molar-refractivity contribution >= 4 is 5.57 Å². The van der Waals surface area contributed by atoms with Gasteiger partial charge in [0, 0.05) is 0 Å². The molecular formula is C25H32. The van der Waals surface area contributed by atoms with Crippen molar-refractivity contribution in [1.82, 2.24) is 0 Å². The van der Waals surface area contributed by atoms with Gasteiger partial charge in [0.05, 0.1) is 0 Å². The molecular weight excluding hydrogens is 300 g/mol. The van der Waals surface area contributed by atoms with Crippen LogP contribution in [0.3, 0.4) is 0 Å². The zero-order valence-electron chi connectivity index (χ0n) is 16.4. The molecule has 0 radical (unpaired) electrons. The number of aryl methyl sites for hydroxylation is 2. The van der Waals surface area contributed by atoms with Gasteiger partial charge in [0.1, 0.15) is 0 Å². The first kappa shape index (κ1) is 22.4. The van der Waals surface area contributed by atoms with Crippen LogP contribution in [0.4, 0.5) is 0 Å². The molecule has 0 saturated heterocycles. The van der Waals surface area contributed by atoms with Crippen LogP contribution in [-0.4, -0.2) is 0 Å². The van der Waals surface area contributed by atoms with Crippen molar-refractivity contribution in [2.75, 3.05) is 0 Å². The molecule has 0 saturated carbocycles. The Labute approximate surface area is 154 Å². The zero-order chi connectivity index (χ0) is 18.9. The summed E-state index contributed by atoms with van der Waals surface area (Å²) in [5.41, 5.74) is 5.14. The average molecular weight is 333 g/mol. The van der Waals surface area contributed by atoms with Gasteiger partial charge in [-0.15, -0.1) is 0 Å². The largest absolute Gasteiger partial charge is 0.0991 e. The van der Waals surface area contributed by atoms with Crippen molar-refractivity contribution < 1.29 is 0 Å². The molecule has 132 valence electrons. The molecule has 0 aliphatic heterocycles. The van der Waals surface area contributed by atoms with Crippen LogP contribution in [-0.2, 0) is 0 Å². The molecule has 0 aromatic heterocycles. The highest BCUT2D eigenvalue weighted by molar-refractivity contribution is 5.73. The van der Waals surface area contributed by atoms with E-state index in [-0.39, 0.29) is 0 Å². The van der Waals surface area contributed by atoms with Crippen molar-refractivity contribution in [3.63, 3.8) is 0 Å². The van der Waals surface area contributed by atoms with Crippen molar-refractivity contribution in [1.29, 1.82) is 0 Å². The first-order valence-corrected chi connectivity index (χ1v) is 8.70. The molecule has 2 aromatic rings. The molecule has 0 spiro atoms. The Balaban J connectivity index is 0.000000407. The van der Waals surface area contributed by atoms with E-state index in [4.69, 9.17) is 0 Å². The van der Waals surface area contributed by atoms with Crippen molar-refractivity contribution in [3.05, 3.63) is 114 Å². The fourth-order valence-electron chi connectivity index (χ4n) is 1.97. The Morgan fingerprint density at radius 2 is 1.36 bits per heavy atom. The first-order valence-electron chi connectivity index (χ1n) is 8.70. The molecule has 0 heteroatoms. The highest BCUT2D eigenvalue weighted by atomic mass is 14.0. The second kappa shape index (κ2) is 15.0. The van der Waals surface area contributed by atoms with Gasteiger partial charge in [0.25, 0.3) is 0 Å². The van der Waals surface area contributed by atoms with Crippen molar-refractivity contribution in [2.24, 2.45) is 0 Å². The lowest BCUT2D eigenvalue weighted by molar-refractivity contribution is 1.39. The molecule has 25 heavy (non-hydrogen) atoms. The maximum atomic E-state index is 3.65. The van der Waals surface area contributed by atoms with E-state index in [1.807, 2.05) is 57.2 Å². The zero-order valence-corrected chi connectivity index (χ0v) is 16.4. The van der Waals surface area contributed by atoms with Crippen molar-refractivity contribution in [3.8, 4) is 0 Å². The monoisotopic (exact) mass is 332 g/mol. The van der Waals surface area contributed by atoms with E-state index in [2.05, 4.69) is 69.0 Å². The summed E-state index contributed by atoms with van der Waals surface area (Å²) in [6, 6.07) is 18.8. The lowest BCUT2D eigenvalue weighted by atomic mass is 10.1. The van der Waals surface area contributed by atoms with Gasteiger partial charge >= 0.3 is 0 Å². The SMILES string of the molecule is C/C=C\C.C=C/C=C\C(=C/C)c1ccccc1.Cc1cccc(C)c1. The molecule has 0 aliphatic rings. The number of allylic oxidation sites excluding steroid dienone is 7. The lowest BCUT2D eigenvalue weighted by Gasteiger charge is -1.99. The second-order valence-electron chi connectivity index (χ2n) is 5.53. The lowest BCUT2D eigenvalue weighted by Crippen LogP contribution is -1.77. The van der Waals surface area contributed by atoms with E-state index >= 15 is 0 Å². The summed E-state index contributed by atoms with van der Waals surface area (Å²) in [6.07, 6.45) is 11.9. The van der Waals surface area contributed by atoms with Crippen molar-refractivity contribution in [2.45, 2.75) is 34.6 Å². The summed E-state index contributed by atoms with van der Waals surface area (Å²) in [4.78, 5) is 0. The van der Waals surface area contributed by atoms with Gasteiger partial charge < -0.3 is 0 Å². The fourth-order valence-corrected chi connectivity index (χ4v) is 1.97. The molecule has 0 unspecified atom stereocenters. The summed E-state index contributed by atoms with van der Waals surface area (Å²) >= 11 is 0. The van der Waals surface area contributed by atoms with E-state index in [1.54, 1.807) is 6.08 Å². The van der Waals surface area contributed by atoms with Gasteiger partial charge in [-0.1, -0.05) is 109 Å². The molecule has 0 amide bonds. The summed E-state index contributed by atoms with van der Waals surface area (Å²) in [6.45, 7) is 13.9. The third-order valence-electron chi connectivity index (χ3n) is 3.34. The van der Waals surface area contributed by atoms with E-state index in [1.165, 1.54) is 22.3 Å². The molecule has 0 fully saturated rings. The summed E-state index contributed by atoms with van der Waals surface area (Å²) in [7, 11) is 0. The smallest absolute Gasteiger partial charge is 0.0187 e. The van der Waals surface area contributed by atoms with Crippen LogP contribution in [0.15, 0.2) is 97.6 Å². The van der Waals surface area contributed by atoms with Crippen LogP contribution in [0.5, 0.6) is 0 Å². The fraction of sp³-hybridized carbons (Fsp3) is 0.200. The van der Waals surface area contributed by atoms with Crippen LogP contribution in [0.1, 0.15) is 37.5 Å². The van der Waals surface area contributed by atoms with E-state index in [0.29, 0.717) is 0 Å². The Kier molecular flexibility index (Phi) is 13.4. The highest BCUT2D eigenvalue weighted by Crippen LogP contribution is 2.14. The maximum absolute atomic E-state index is 3.65. The van der Waals surface area contributed by atoms with Gasteiger partial charge in [-0.2, -0.15) is 0 Å². The topological polar surface area (TPSA) is 0 Å². The predicted molar refractivity (Wildman–Crippen MR) is 116 cm³/mol. The minimum atomic E-state index is 1.22. The highest BCUT2D eigenvalue weighted by Gasteiger charge is 1.92. The predicted octanol–water partition coefficient (Wildman–Crippen LogP) is 7.72. The van der Waals surface area contributed by atoms with Gasteiger partial charge in [-0.05, 0) is 45.8 Å². The van der Waals surface area contributed by atoms with Gasteiger partial charge in [-0.3, -0.25) is 0 Å². The van der Waals surface area contributed by atoms with Gasteiger partial charge in [-0.25, -0.2) is 0 Å². The summed E-state index contributed by atoms with van der Waals surface area (Å²) < 4.78 is 0. The summed E-state index contributed by atoms with van der Waals surface area (Å²) in [5, 5.41) is 0. The average Bonchev–Trinajstić information content (AvgIpc) is 2.64. The third-order valence-corrected chi connectivity index (χ3v) is 3.34. The first-order chi connectivity index (χ1) is 12.1. The molecule has 2 rings (SSSR count). The van der Waals surface area contributed by atoms with Crippen LogP contribution in [0, 0.1) is 13.8 Å². The molecule has 0 atom stereocenters. The van der Waals surface area contributed by atoms with E-state index in [9.17, 15) is 0 Å².